The number of hydrogen-bond donors (Lipinski definition) is 3. The number of hydrogen-bond acceptors (Lipinski definition) is 5. The van der Waals surface area contributed by atoms with Crippen molar-refractivity contribution in [1.29, 1.82) is 5.26 Å². The SMILES string of the molecule is CCc1ccc(Cc2cc([C@H]3C[C@@H](O)[C@H](O)[C@@H](CO)O3)c(C)cc2C#N)cc1. The molecule has 3 rings (SSSR count). The van der Waals surface area contributed by atoms with Crippen molar-refractivity contribution < 1.29 is 20.1 Å². The Morgan fingerprint density at radius 1 is 1.14 bits per heavy atom. The highest BCUT2D eigenvalue weighted by Crippen LogP contribution is 2.35. The number of aliphatic hydroxyl groups is 3. The quantitative estimate of drug-likeness (QED) is 0.740. The van der Waals surface area contributed by atoms with Gasteiger partial charge in [0.25, 0.3) is 0 Å². The van der Waals surface area contributed by atoms with Gasteiger partial charge in [-0.25, -0.2) is 0 Å². The van der Waals surface area contributed by atoms with Gasteiger partial charge in [0, 0.05) is 6.42 Å². The lowest BCUT2D eigenvalue weighted by atomic mass is 9.88. The zero-order chi connectivity index (χ0) is 20.3. The Morgan fingerprint density at radius 3 is 2.43 bits per heavy atom. The van der Waals surface area contributed by atoms with E-state index in [0.717, 1.165) is 28.7 Å². The monoisotopic (exact) mass is 381 g/mol. The summed E-state index contributed by atoms with van der Waals surface area (Å²) in [6.45, 7) is 3.66. The summed E-state index contributed by atoms with van der Waals surface area (Å²) in [5.41, 5.74) is 5.69. The standard InChI is InChI=1S/C23H27NO4/c1-3-15-4-6-16(7-5-15)9-17-10-19(14(2)8-18(17)12-24)21-11-20(26)23(27)22(13-25)28-21/h4-8,10,20-23,25-27H,3,9,11,13H2,1-2H3/t20-,21-,22-,23+/m1/s1. The van der Waals surface area contributed by atoms with Crippen molar-refractivity contribution >= 4 is 0 Å². The van der Waals surface area contributed by atoms with Gasteiger partial charge < -0.3 is 20.1 Å². The van der Waals surface area contributed by atoms with E-state index in [1.165, 1.54) is 5.56 Å². The van der Waals surface area contributed by atoms with Crippen LogP contribution >= 0.6 is 0 Å². The van der Waals surface area contributed by atoms with E-state index in [1.807, 2.05) is 19.1 Å². The highest BCUT2D eigenvalue weighted by molar-refractivity contribution is 5.47. The molecule has 5 nitrogen and oxygen atoms in total. The molecule has 0 unspecified atom stereocenters. The van der Waals surface area contributed by atoms with Gasteiger partial charge >= 0.3 is 0 Å². The molecule has 1 fully saturated rings. The smallest absolute Gasteiger partial charge is 0.110 e. The van der Waals surface area contributed by atoms with Gasteiger partial charge in [-0.1, -0.05) is 37.3 Å². The fourth-order valence-electron chi connectivity index (χ4n) is 3.79. The molecule has 5 heteroatoms. The Kier molecular flexibility index (Phi) is 6.48. The first-order valence-corrected chi connectivity index (χ1v) is 9.70. The number of benzene rings is 2. The van der Waals surface area contributed by atoms with Gasteiger partial charge in [0.2, 0.25) is 0 Å². The zero-order valence-electron chi connectivity index (χ0n) is 16.3. The van der Waals surface area contributed by atoms with Gasteiger partial charge in [-0.2, -0.15) is 5.26 Å². The summed E-state index contributed by atoms with van der Waals surface area (Å²) in [4.78, 5) is 0. The average molecular weight is 381 g/mol. The van der Waals surface area contributed by atoms with Crippen LogP contribution in [0.5, 0.6) is 0 Å². The molecule has 2 aromatic rings. The van der Waals surface area contributed by atoms with Gasteiger partial charge in [-0.05, 0) is 53.6 Å². The molecule has 3 N–H and O–H groups in total. The van der Waals surface area contributed by atoms with E-state index in [1.54, 1.807) is 0 Å². The molecule has 0 saturated carbocycles. The van der Waals surface area contributed by atoms with Crippen molar-refractivity contribution in [2.75, 3.05) is 6.61 Å². The lowest BCUT2D eigenvalue weighted by Gasteiger charge is -2.37. The van der Waals surface area contributed by atoms with Crippen molar-refractivity contribution in [1.82, 2.24) is 0 Å². The van der Waals surface area contributed by atoms with Crippen LogP contribution in [-0.2, 0) is 17.6 Å². The van der Waals surface area contributed by atoms with E-state index in [2.05, 4.69) is 37.3 Å². The number of aliphatic hydroxyl groups excluding tert-OH is 3. The summed E-state index contributed by atoms with van der Waals surface area (Å²) < 4.78 is 5.85. The molecule has 0 aliphatic carbocycles. The van der Waals surface area contributed by atoms with E-state index in [9.17, 15) is 20.6 Å². The number of nitriles is 1. The zero-order valence-corrected chi connectivity index (χ0v) is 16.3. The third-order valence-corrected chi connectivity index (χ3v) is 5.53. The molecular formula is C23H27NO4. The Bertz CT molecular complexity index is 856. The second-order valence-corrected chi connectivity index (χ2v) is 7.46. The van der Waals surface area contributed by atoms with Crippen molar-refractivity contribution in [2.45, 2.75) is 57.5 Å². The predicted molar refractivity (Wildman–Crippen MR) is 106 cm³/mol. The fourth-order valence-corrected chi connectivity index (χ4v) is 3.79. The number of ether oxygens (including phenoxy) is 1. The van der Waals surface area contributed by atoms with Crippen LogP contribution in [0.2, 0.25) is 0 Å². The van der Waals surface area contributed by atoms with Gasteiger partial charge in [0.1, 0.15) is 12.2 Å². The molecule has 0 bridgehead atoms. The molecule has 1 saturated heterocycles. The molecule has 1 aliphatic heterocycles. The Labute approximate surface area is 165 Å². The average Bonchev–Trinajstić information content (AvgIpc) is 2.71. The number of aryl methyl sites for hydroxylation is 2. The number of rotatable bonds is 5. The minimum atomic E-state index is -1.10. The first-order valence-electron chi connectivity index (χ1n) is 9.70. The van der Waals surface area contributed by atoms with E-state index >= 15 is 0 Å². The van der Waals surface area contributed by atoms with E-state index in [0.29, 0.717) is 12.0 Å². The third kappa shape index (κ3) is 4.26. The van der Waals surface area contributed by atoms with Crippen molar-refractivity contribution in [3.8, 4) is 6.07 Å². The van der Waals surface area contributed by atoms with Crippen molar-refractivity contribution in [3.63, 3.8) is 0 Å². The van der Waals surface area contributed by atoms with Gasteiger partial charge in [-0.15, -0.1) is 0 Å². The molecule has 0 radical (unpaired) electrons. The molecule has 0 spiro atoms. The van der Waals surface area contributed by atoms with Crippen LogP contribution in [0.15, 0.2) is 36.4 Å². The topological polar surface area (TPSA) is 93.7 Å². The van der Waals surface area contributed by atoms with Crippen LogP contribution in [0.4, 0.5) is 0 Å². The largest absolute Gasteiger partial charge is 0.394 e. The Hall–Kier alpha value is -2.23. The molecule has 0 aromatic heterocycles. The summed E-state index contributed by atoms with van der Waals surface area (Å²) >= 11 is 0. The van der Waals surface area contributed by atoms with Crippen LogP contribution in [0.3, 0.4) is 0 Å². The maximum absolute atomic E-state index is 10.2. The Balaban J connectivity index is 1.92. The summed E-state index contributed by atoms with van der Waals surface area (Å²) in [6.07, 6.45) is -1.47. The second-order valence-electron chi connectivity index (χ2n) is 7.46. The predicted octanol–water partition coefficient (Wildman–Crippen LogP) is 2.56. The van der Waals surface area contributed by atoms with Crippen molar-refractivity contribution in [3.05, 3.63) is 69.8 Å². The summed E-state index contributed by atoms with van der Waals surface area (Å²) in [6, 6.07) is 14.5. The van der Waals surface area contributed by atoms with E-state index in [-0.39, 0.29) is 13.0 Å². The fraction of sp³-hybridized carbons (Fsp3) is 0.435. The lowest BCUT2D eigenvalue weighted by Crippen LogP contribution is -2.47. The second kappa shape index (κ2) is 8.85. The summed E-state index contributed by atoms with van der Waals surface area (Å²) in [5, 5.41) is 39.2. The minimum Gasteiger partial charge on any atom is -0.394 e. The van der Waals surface area contributed by atoms with Gasteiger partial charge in [0.15, 0.2) is 0 Å². The molecular weight excluding hydrogens is 354 g/mol. The van der Waals surface area contributed by atoms with E-state index < -0.39 is 24.4 Å². The van der Waals surface area contributed by atoms with E-state index in [4.69, 9.17) is 4.74 Å². The van der Waals surface area contributed by atoms with Crippen molar-refractivity contribution in [2.24, 2.45) is 0 Å². The maximum Gasteiger partial charge on any atom is 0.110 e. The molecule has 2 aromatic carbocycles. The first kappa shape index (κ1) is 20.5. The highest BCUT2D eigenvalue weighted by Gasteiger charge is 2.37. The minimum absolute atomic E-state index is 0.245. The van der Waals surface area contributed by atoms with Crippen LogP contribution in [0.25, 0.3) is 0 Å². The molecule has 1 aliphatic rings. The summed E-state index contributed by atoms with van der Waals surface area (Å²) in [7, 11) is 0. The van der Waals surface area contributed by atoms with Crippen LogP contribution in [0, 0.1) is 18.3 Å². The Morgan fingerprint density at radius 2 is 1.82 bits per heavy atom. The lowest BCUT2D eigenvalue weighted by molar-refractivity contribution is -0.181. The summed E-state index contributed by atoms with van der Waals surface area (Å²) in [5.74, 6) is 0. The molecule has 148 valence electrons. The molecule has 0 amide bonds. The maximum atomic E-state index is 10.2. The first-order chi connectivity index (χ1) is 13.5. The normalized spacial score (nSPS) is 24.7. The number of nitrogens with zero attached hydrogens (tertiary/aromatic N) is 1. The highest BCUT2D eigenvalue weighted by atomic mass is 16.5. The van der Waals surface area contributed by atoms with Crippen LogP contribution < -0.4 is 0 Å². The third-order valence-electron chi connectivity index (χ3n) is 5.53. The van der Waals surface area contributed by atoms with Crippen LogP contribution in [0.1, 0.15) is 52.8 Å². The van der Waals surface area contributed by atoms with Gasteiger partial charge in [-0.3, -0.25) is 0 Å². The van der Waals surface area contributed by atoms with Gasteiger partial charge in [0.05, 0.1) is 30.4 Å². The van der Waals surface area contributed by atoms with Crippen LogP contribution in [-0.4, -0.2) is 40.2 Å². The molecule has 4 atom stereocenters. The molecule has 1 heterocycles. The molecule has 28 heavy (non-hydrogen) atoms.